The van der Waals surface area contributed by atoms with E-state index in [1.54, 1.807) is 48.5 Å². The van der Waals surface area contributed by atoms with Crippen LogP contribution < -0.4 is 5.69 Å². The minimum atomic E-state index is -4.10. The van der Waals surface area contributed by atoms with E-state index in [4.69, 9.17) is 32.6 Å². The molecule has 0 radical (unpaired) electrons. The number of rotatable bonds is 4. The van der Waals surface area contributed by atoms with Crippen molar-refractivity contribution >= 4 is 44.1 Å². The van der Waals surface area contributed by atoms with E-state index in [1.165, 1.54) is 20.8 Å². The van der Waals surface area contributed by atoms with Crippen LogP contribution in [0.4, 0.5) is 0 Å². The van der Waals surface area contributed by atoms with Gasteiger partial charge in [0.2, 0.25) is 26.5 Å². The molecule has 0 aliphatic carbocycles. The van der Waals surface area contributed by atoms with Crippen LogP contribution >= 0.6 is 23.2 Å². The van der Waals surface area contributed by atoms with Gasteiger partial charge in [-0.2, -0.15) is 0 Å². The fourth-order valence-electron chi connectivity index (χ4n) is 3.94. The Morgan fingerprint density at radius 2 is 1.70 bits per heavy atom. The van der Waals surface area contributed by atoms with Crippen LogP contribution in [0.5, 0.6) is 5.88 Å². The smallest absolute Gasteiger partial charge is 0.333 e. The molecule has 5 aromatic rings. The van der Waals surface area contributed by atoms with Gasteiger partial charge in [0.1, 0.15) is 5.69 Å². The zero-order chi connectivity index (χ0) is 26.7. The first-order valence-electron chi connectivity index (χ1n) is 11.1. The van der Waals surface area contributed by atoms with Gasteiger partial charge in [0.25, 0.3) is 0 Å². The van der Waals surface area contributed by atoms with Crippen LogP contribution in [0.15, 0.2) is 75.1 Å². The number of pyridine rings is 1. The van der Waals surface area contributed by atoms with Gasteiger partial charge in [0.15, 0.2) is 0 Å². The first-order chi connectivity index (χ1) is 17.4. The van der Waals surface area contributed by atoms with Gasteiger partial charge < -0.3 is 9.52 Å². The second-order valence-corrected chi connectivity index (χ2v) is 12.8. The molecule has 11 heteroatoms. The normalized spacial score (nSPS) is 12.4. The van der Waals surface area contributed by atoms with E-state index in [0.717, 1.165) is 16.3 Å². The van der Waals surface area contributed by atoms with Crippen molar-refractivity contribution in [3.63, 3.8) is 0 Å². The lowest BCUT2D eigenvalue weighted by molar-refractivity contribution is 0.454. The largest absolute Gasteiger partial charge is 0.493 e. The number of aromatic nitrogens is 3. The average molecular weight is 558 g/mol. The number of nitrogens with one attached hydrogen (secondary N) is 1. The molecule has 190 valence electrons. The minimum Gasteiger partial charge on any atom is -0.493 e. The maximum atomic E-state index is 13.6. The predicted molar refractivity (Wildman–Crippen MR) is 143 cm³/mol. The molecule has 8 nitrogen and oxygen atoms in total. The third kappa shape index (κ3) is 4.22. The van der Waals surface area contributed by atoms with Crippen LogP contribution in [0, 0.1) is 0 Å². The second-order valence-electron chi connectivity index (χ2n) is 9.39. The Labute approximate surface area is 222 Å². The minimum absolute atomic E-state index is 0.0157. The number of hydrogen-bond acceptors (Lipinski definition) is 6. The summed E-state index contributed by atoms with van der Waals surface area (Å²) in [5.74, 6) is -0.433. The van der Waals surface area contributed by atoms with Crippen molar-refractivity contribution in [2.45, 2.75) is 30.6 Å². The van der Waals surface area contributed by atoms with Crippen molar-refractivity contribution in [3.8, 4) is 34.0 Å². The summed E-state index contributed by atoms with van der Waals surface area (Å²) in [6, 6.07) is 15.8. The molecule has 0 bridgehead atoms. The third-order valence-corrected chi connectivity index (χ3v) is 8.86. The van der Waals surface area contributed by atoms with Gasteiger partial charge in [0, 0.05) is 21.2 Å². The quantitative estimate of drug-likeness (QED) is 0.270. The summed E-state index contributed by atoms with van der Waals surface area (Å²) in [5.41, 5.74) is 1.57. The summed E-state index contributed by atoms with van der Waals surface area (Å²) in [6.07, 6.45) is 1.10. The molecule has 0 aliphatic rings. The standard InChI is InChI=1S/C26H21Cl2N3O5S/c1-26(2,3)37(34,35)24-22(31-13-20(32)29-25(31)33)18-12-17(14-8-10-15(27)11-9-14)21(30-23(18)36-24)16-6-4-5-7-19(16)28/h4-13,32H,1-3H3,(H,29,33). The van der Waals surface area contributed by atoms with Crippen LogP contribution in [-0.4, -0.2) is 32.8 Å². The molecule has 5 rings (SSSR count). The number of aromatic amines is 1. The Bertz CT molecular complexity index is 1830. The van der Waals surface area contributed by atoms with Gasteiger partial charge in [-0.15, -0.1) is 0 Å². The van der Waals surface area contributed by atoms with E-state index in [0.29, 0.717) is 26.9 Å². The maximum absolute atomic E-state index is 13.6. The van der Waals surface area contributed by atoms with Gasteiger partial charge in [-0.25, -0.2) is 18.2 Å². The van der Waals surface area contributed by atoms with Crippen LogP contribution in [0.3, 0.4) is 0 Å². The molecule has 0 spiro atoms. The van der Waals surface area contributed by atoms with E-state index < -0.39 is 31.2 Å². The number of fused-ring (bicyclic) bond motifs is 1. The summed E-state index contributed by atoms with van der Waals surface area (Å²) in [4.78, 5) is 19.7. The molecule has 0 amide bonds. The Morgan fingerprint density at radius 1 is 1.03 bits per heavy atom. The lowest BCUT2D eigenvalue weighted by atomic mass is 9.98. The number of benzene rings is 2. The fraction of sp³-hybridized carbons (Fsp3) is 0.154. The molecular formula is C26H21Cl2N3O5S. The van der Waals surface area contributed by atoms with Crippen molar-refractivity contribution in [1.82, 2.24) is 14.5 Å². The summed E-state index contributed by atoms with van der Waals surface area (Å²) in [7, 11) is -4.10. The lowest BCUT2D eigenvalue weighted by Crippen LogP contribution is -2.29. The van der Waals surface area contributed by atoms with Crippen LogP contribution in [-0.2, 0) is 9.84 Å². The van der Waals surface area contributed by atoms with E-state index in [-0.39, 0.29) is 16.8 Å². The van der Waals surface area contributed by atoms with E-state index in [9.17, 15) is 18.3 Å². The summed E-state index contributed by atoms with van der Waals surface area (Å²) >= 11 is 12.6. The molecule has 0 unspecified atom stereocenters. The highest BCUT2D eigenvalue weighted by atomic mass is 35.5. The molecular weight excluding hydrogens is 537 g/mol. The number of furan rings is 1. The van der Waals surface area contributed by atoms with Crippen LogP contribution in [0.25, 0.3) is 39.2 Å². The first-order valence-corrected chi connectivity index (χ1v) is 13.4. The number of imidazole rings is 1. The topological polar surface area (TPSA) is 118 Å². The molecule has 0 saturated heterocycles. The fourth-order valence-corrected chi connectivity index (χ4v) is 5.49. The number of hydrogen-bond donors (Lipinski definition) is 2. The molecule has 0 fully saturated rings. The Balaban J connectivity index is 1.95. The van der Waals surface area contributed by atoms with Crippen LogP contribution in [0.2, 0.25) is 10.0 Å². The monoisotopic (exact) mass is 557 g/mol. The molecule has 0 saturated carbocycles. The van der Waals surface area contributed by atoms with Gasteiger partial charge in [-0.1, -0.05) is 53.5 Å². The summed E-state index contributed by atoms with van der Waals surface area (Å²) in [5, 5.41) is 10.7. The number of H-pyrrole nitrogens is 1. The van der Waals surface area contributed by atoms with Crippen molar-refractivity contribution in [1.29, 1.82) is 0 Å². The van der Waals surface area contributed by atoms with Crippen molar-refractivity contribution < 1.29 is 17.9 Å². The van der Waals surface area contributed by atoms with Crippen molar-refractivity contribution in [2.24, 2.45) is 0 Å². The average Bonchev–Trinajstić information content (AvgIpc) is 3.37. The van der Waals surface area contributed by atoms with E-state index >= 15 is 0 Å². The highest BCUT2D eigenvalue weighted by Crippen LogP contribution is 2.42. The predicted octanol–water partition coefficient (Wildman–Crippen LogP) is 6.23. The number of nitrogens with zero attached hydrogens (tertiary/aromatic N) is 2. The Morgan fingerprint density at radius 3 is 2.30 bits per heavy atom. The Hall–Kier alpha value is -3.53. The number of sulfone groups is 1. The van der Waals surface area contributed by atoms with E-state index in [2.05, 4.69) is 4.98 Å². The zero-order valence-electron chi connectivity index (χ0n) is 19.9. The van der Waals surface area contributed by atoms with Crippen molar-refractivity contribution in [3.05, 3.63) is 81.3 Å². The summed E-state index contributed by atoms with van der Waals surface area (Å²) < 4.78 is 32.8. The van der Waals surface area contributed by atoms with Gasteiger partial charge in [-0.3, -0.25) is 9.55 Å². The van der Waals surface area contributed by atoms with Gasteiger partial charge >= 0.3 is 5.69 Å². The zero-order valence-corrected chi connectivity index (χ0v) is 22.2. The SMILES string of the molecule is CC(C)(C)S(=O)(=O)c1oc2nc(-c3ccccc3Cl)c(-c3ccc(Cl)cc3)cc2c1-n1cc(O)[nH]c1=O. The summed E-state index contributed by atoms with van der Waals surface area (Å²) in [6.45, 7) is 4.58. The van der Waals surface area contributed by atoms with Gasteiger partial charge in [-0.05, 0) is 50.6 Å². The molecule has 2 aromatic carbocycles. The number of halogens is 2. The second kappa shape index (κ2) is 8.79. The van der Waals surface area contributed by atoms with Crippen LogP contribution in [0.1, 0.15) is 20.8 Å². The number of aromatic hydroxyl groups is 1. The molecule has 37 heavy (non-hydrogen) atoms. The molecule has 2 N–H and O–H groups in total. The lowest BCUT2D eigenvalue weighted by Gasteiger charge is -2.18. The van der Waals surface area contributed by atoms with Crippen molar-refractivity contribution in [2.75, 3.05) is 0 Å². The third-order valence-electron chi connectivity index (χ3n) is 5.91. The van der Waals surface area contributed by atoms with Gasteiger partial charge in [0.05, 0.1) is 22.0 Å². The maximum Gasteiger partial charge on any atom is 0.333 e. The molecule has 0 aliphatic heterocycles. The Kier molecular flexibility index (Phi) is 5.97. The highest BCUT2D eigenvalue weighted by molar-refractivity contribution is 7.92. The first kappa shape index (κ1) is 25.1. The molecule has 3 heterocycles. The van der Waals surface area contributed by atoms with E-state index in [1.807, 2.05) is 6.07 Å². The molecule has 3 aromatic heterocycles. The molecule has 0 atom stereocenters. The highest BCUT2D eigenvalue weighted by Gasteiger charge is 2.39.